The van der Waals surface area contributed by atoms with Crippen LogP contribution in [0.2, 0.25) is 0 Å². The summed E-state index contributed by atoms with van der Waals surface area (Å²) in [5.74, 6) is 0.813. The number of benzene rings is 1. The number of ether oxygens (including phenoxy) is 2. The molecule has 1 aromatic carbocycles. The zero-order valence-corrected chi connectivity index (χ0v) is 19.9. The number of hydrogen-bond acceptors (Lipinski definition) is 5. The second-order valence-electron chi connectivity index (χ2n) is 9.52. The van der Waals surface area contributed by atoms with E-state index in [0.29, 0.717) is 39.1 Å². The monoisotopic (exact) mass is 433 g/mol. The zero-order chi connectivity index (χ0) is 23.0. The van der Waals surface area contributed by atoms with Gasteiger partial charge in [0.25, 0.3) is 5.91 Å². The average Bonchev–Trinajstić information content (AvgIpc) is 2.74. The van der Waals surface area contributed by atoms with E-state index in [9.17, 15) is 9.59 Å². The molecule has 1 aromatic rings. The smallest absolute Gasteiger partial charge is 0.251 e. The number of likely N-dealkylation sites (tertiary alicyclic amines) is 1. The highest BCUT2D eigenvalue weighted by molar-refractivity contribution is 5.82. The summed E-state index contributed by atoms with van der Waals surface area (Å²) in [7, 11) is 5.70. The Morgan fingerprint density at radius 2 is 1.94 bits per heavy atom. The summed E-state index contributed by atoms with van der Waals surface area (Å²) in [6.45, 7) is 9.19. The maximum absolute atomic E-state index is 12.7. The molecule has 0 bridgehead atoms. The number of rotatable bonds is 10. The Morgan fingerprint density at radius 1 is 1.26 bits per heavy atom. The molecular formula is C24H39N3O4. The lowest BCUT2D eigenvalue weighted by atomic mass is 9.91. The van der Waals surface area contributed by atoms with Gasteiger partial charge in [0.15, 0.2) is 0 Å². The number of carbonyl (C=O) groups excluding carboxylic acids is 2. The summed E-state index contributed by atoms with van der Waals surface area (Å²) in [6.07, 6.45) is 0.853. The normalized spacial score (nSPS) is 16.3. The molecule has 1 heterocycles. The molecule has 0 spiro atoms. The first-order valence-electron chi connectivity index (χ1n) is 11.1. The van der Waals surface area contributed by atoms with Gasteiger partial charge in [0.05, 0.1) is 13.7 Å². The lowest BCUT2D eigenvalue weighted by Crippen LogP contribution is -2.47. The summed E-state index contributed by atoms with van der Waals surface area (Å²) in [4.78, 5) is 29.3. The highest BCUT2D eigenvalue weighted by Gasteiger charge is 2.30. The Morgan fingerprint density at radius 3 is 2.55 bits per heavy atom. The van der Waals surface area contributed by atoms with Crippen LogP contribution in [0.5, 0.6) is 5.75 Å². The first-order chi connectivity index (χ1) is 14.6. The Hall–Kier alpha value is -2.12. The van der Waals surface area contributed by atoms with E-state index in [1.807, 2.05) is 43.3 Å². The van der Waals surface area contributed by atoms with Crippen LogP contribution in [0.15, 0.2) is 24.3 Å². The number of hydrogen-bond donors (Lipinski definition) is 1. The van der Waals surface area contributed by atoms with Gasteiger partial charge in [-0.05, 0) is 57.0 Å². The SMILES string of the molecule is COc1cccc(COC(C)C(=O)N2CCC(C(=O)NCC(C)(C)CN(C)C)CC2)c1. The van der Waals surface area contributed by atoms with Gasteiger partial charge < -0.3 is 24.6 Å². The van der Waals surface area contributed by atoms with Gasteiger partial charge in [0, 0.05) is 32.1 Å². The van der Waals surface area contributed by atoms with E-state index in [1.165, 1.54) is 0 Å². The minimum Gasteiger partial charge on any atom is -0.497 e. The number of nitrogens with one attached hydrogen (secondary N) is 1. The molecule has 0 saturated carbocycles. The Bertz CT molecular complexity index is 727. The van der Waals surface area contributed by atoms with E-state index in [1.54, 1.807) is 14.0 Å². The third-order valence-corrected chi connectivity index (χ3v) is 5.64. The van der Waals surface area contributed by atoms with Crippen LogP contribution < -0.4 is 10.1 Å². The molecular weight excluding hydrogens is 394 g/mol. The van der Waals surface area contributed by atoms with E-state index in [4.69, 9.17) is 9.47 Å². The number of methoxy groups -OCH3 is 1. The van der Waals surface area contributed by atoms with E-state index < -0.39 is 6.10 Å². The molecule has 2 rings (SSSR count). The van der Waals surface area contributed by atoms with Crippen LogP contribution in [0.1, 0.15) is 39.2 Å². The highest BCUT2D eigenvalue weighted by Crippen LogP contribution is 2.21. The van der Waals surface area contributed by atoms with Crippen molar-refractivity contribution in [3.8, 4) is 5.75 Å². The second kappa shape index (κ2) is 11.5. The van der Waals surface area contributed by atoms with Crippen LogP contribution in [0.3, 0.4) is 0 Å². The lowest BCUT2D eigenvalue weighted by molar-refractivity contribution is -0.146. The summed E-state index contributed by atoms with van der Waals surface area (Å²) < 4.78 is 11.0. The van der Waals surface area contributed by atoms with Crippen LogP contribution in [-0.4, -0.2) is 75.1 Å². The fourth-order valence-electron chi connectivity index (χ4n) is 4.06. The molecule has 174 valence electrons. The standard InChI is InChI=1S/C24H39N3O4/c1-18(31-15-19-8-7-9-21(14-19)30-6)23(29)27-12-10-20(11-13-27)22(28)25-16-24(2,3)17-26(4)5/h7-9,14,18,20H,10-13,15-17H2,1-6H3,(H,25,28). The van der Waals surface area contributed by atoms with Crippen LogP contribution >= 0.6 is 0 Å². The molecule has 0 aromatic heterocycles. The van der Waals surface area contributed by atoms with Gasteiger partial charge >= 0.3 is 0 Å². The molecule has 1 unspecified atom stereocenters. The molecule has 1 saturated heterocycles. The summed E-state index contributed by atoms with van der Waals surface area (Å²) in [6, 6.07) is 7.63. The molecule has 1 aliphatic rings. The number of piperidine rings is 1. The van der Waals surface area contributed by atoms with Crippen molar-refractivity contribution in [1.29, 1.82) is 0 Å². The largest absolute Gasteiger partial charge is 0.497 e. The fraction of sp³-hybridized carbons (Fsp3) is 0.667. The minimum atomic E-state index is -0.525. The van der Waals surface area contributed by atoms with Gasteiger partial charge in [-0.2, -0.15) is 0 Å². The summed E-state index contributed by atoms with van der Waals surface area (Å²) in [5, 5.41) is 3.11. The third-order valence-electron chi connectivity index (χ3n) is 5.64. The van der Waals surface area contributed by atoms with Crippen LogP contribution in [-0.2, 0) is 20.9 Å². The van der Waals surface area contributed by atoms with Crippen molar-refractivity contribution in [3.05, 3.63) is 29.8 Å². The average molecular weight is 434 g/mol. The van der Waals surface area contributed by atoms with Gasteiger partial charge in [-0.25, -0.2) is 0 Å². The molecule has 7 heteroatoms. The Labute approximate surface area is 187 Å². The van der Waals surface area contributed by atoms with Gasteiger partial charge in [-0.15, -0.1) is 0 Å². The first kappa shape index (κ1) is 25.1. The Kier molecular flexibility index (Phi) is 9.32. The number of carbonyl (C=O) groups is 2. The van der Waals surface area contributed by atoms with Crippen LogP contribution in [0, 0.1) is 11.3 Å². The number of nitrogens with zero attached hydrogens (tertiary/aromatic N) is 2. The topological polar surface area (TPSA) is 71.1 Å². The van der Waals surface area contributed by atoms with Crippen molar-refractivity contribution in [2.45, 2.75) is 46.3 Å². The fourth-order valence-corrected chi connectivity index (χ4v) is 4.06. The van der Waals surface area contributed by atoms with E-state index >= 15 is 0 Å². The summed E-state index contributed by atoms with van der Waals surface area (Å²) >= 11 is 0. The van der Waals surface area contributed by atoms with Crippen molar-refractivity contribution in [3.63, 3.8) is 0 Å². The highest BCUT2D eigenvalue weighted by atomic mass is 16.5. The van der Waals surface area contributed by atoms with Crippen molar-refractivity contribution in [2.75, 3.05) is 47.4 Å². The molecule has 1 N–H and O–H groups in total. The van der Waals surface area contributed by atoms with Crippen molar-refractivity contribution in [1.82, 2.24) is 15.1 Å². The minimum absolute atomic E-state index is 0.0192. The third kappa shape index (κ3) is 8.15. The van der Waals surface area contributed by atoms with Gasteiger partial charge in [0.2, 0.25) is 5.91 Å². The molecule has 7 nitrogen and oxygen atoms in total. The predicted molar refractivity (Wildman–Crippen MR) is 122 cm³/mol. The van der Waals surface area contributed by atoms with Gasteiger partial charge in [-0.1, -0.05) is 26.0 Å². The van der Waals surface area contributed by atoms with E-state index in [2.05, 4.69) is 24.1 Å². The predicted octanol–water partition coefficient (Wildman–Crippen LogP) is 2.54. The summed E-state index contributed by atoms with van der Waals surface area (Å²) in [5.41, 5.74) is 0.984. The second-order valence-corrected chi connectivity index (χ2v) is 9.52. The molecule has 2 amide bonds. The molecule has 1 aliphatic heterocycles. The maximum atomic E-state index is 12.7. The molecule has 31 heavy (non-hydrogen) atoms. The first-order valence-corrected chi connectivity index (χ1v) is 11.1. The molecule has 0 aliphatic carbocycles. The molecule has 1 atom stereocenters. The quantitative estimate of drug-likeness (QED) is 0.614. The van der Waals surface area contributed by atoms with Crippen molar-refractivity contribution < 1.29 is 19.1 Å². The van der Waals surface area contributed by atoms with Gasteiger partial charge in [0.1, 0.15) is 11.9 Å². The maximum Gasteiger partial charge on any atom is 0.251 e. The number of amides is 2. The Balaban J connectivity index is 1.75. The molecule has 1 fully saturated rings. The van der Waals surface area contributed by atoms with Crippen molar-refractivity contribution >= 4 is 11.8 Å². The van der Waals surface area contributed by atoms with Gasteiger partial charge in [-0.3, -0.25) is 9.59 Å². The zero-order valence-electron chi connectivity index (χ0n) is 19.9. The lowest BCUT2D eigenvalue weighted by Gasteiger charge is -2.34. The molecule has 0 radical (unpaired) electrons. The van der Waals surface area contributed by atoms with Crippen LogP contribution in [0.4, 0.5) is 0 Å². The van der Waals surface area contributed by atoms with Crippen LogP contribution in [0.25, 0.3) is 0 Å². The van der Waals surface area contributed by atoms with E-state index in [-0.39, 0.29) is 23.1 Å². The van der Waals surface area contributed by atoms with Crippen molar-refractivity contribution in [2.24, 2.45) is 11.3 Å². The van der Waals surface area contributed by atoms with E-state index in [0.717, 1.165) is 17.9 Å².